The van der Waals surface area contributed by atoms with Crippen molar-refractivity contribution < 1.29 is 13.2 Å². The maximum absolute atomic E-state index is 12.3. The molecule has 11 heteroatoms. The lowest BCUT2D eigenvalue weighted by molar-refractivity contribution is -0.113. The Bertz CT molecular complexity index is 1110. The van der Waals surface area contributed by atoms with Gasteiger partial charge in [0.1, 0.15) is 0 Å². The molecule has 1 aliphatic rings. The number of primary sulfonamides is 1. The van der Waals surface area contributed by atoms with Crippen molar-refractivity contribution in [2.24, 2.45) is 5.14 Å². The normalized spacial score (nSPS) is 14.2. The lowest BCUT2D eigenvalue weighted by Crippen LogP contribution is -2.16. The largest absolute Gasteiger partial charge is 0.325 e. The smallest absolute Gasteiger partial charge is 0.238 e. The molecule has 4 rings (SSSR count). The number of benzene rings is 1. The molecule has 0 unspecified atom stereocenters. The molecular weight excluding hydrogens is 418 g/mol. The second-order valence-corrected chi connectivity index (χ2v) is 9.75. The van der Waals surface area contributed by atoms with Gasteiger partial charge in [0.2, 0.25) is 15.9 Å². The number of amides is 1. The summed E-state index contributed by atoms with van der Waals surface area (Å²) in [6, 6.07) is 10.2. The Labute approximate surface area is 170 Å². The highest BCUT2D eigenvalue weighted by molar-refractivity contribution is 7.99. The molecule has 0 saturated heterocycles. The third kappa shape index (κ3) is 4.27. The molecule has 0 radical (unpaired) electrons. The van der Waals surface area contributed by atoms with Crippen LogP contribution in [0.2, 0.25) is 0 Å². The van der Waals surface area contributed by atoms with Crippen molar-refractivity contribution >= 4 is 44.7 Å². The van der Waals surface area contributed by atoms with Crippen LogP contribution in [0.25, 0.3) is 10.7 Å². The molecule has 0 atom stereocenters. The van der Waals surface area contributed by atoms with E-state index in [0.717, 1.165) is 23.5 Å². The monoisotopic (exact) mass is 435 g/mol. The van der Waals surface area contributed by atoms with Crippen molar-refractivity contribution in [2.45, 2.75) is 28.9 Å². The minimum atomic E-state index is -3.82. The van der Waals surface area contributed by atoms with Crippen LogP contribution in [-0.4, -0.2) is 34.8 Å². The van der Waals surface area contributed by atoms with E-state index in [1.54, 1.807) is 17.4 Å². The van der Waals surface area contributed by atoms with Crippen LogP contribution in [0, 0.1) is 0 Å². The van der Waals surface area contributed by atoms with Gasteiger partial charge in [0.05, 0.1) is 15.5 Å². The number of carbonyl (C=O) groups is 1. The van der Waals surface area contributed by atoms with Crippen molar-refractivity contribution in [1.82, 2.24) is 14.8 Å². The quantitative estimate of drug-likeness (QED) is 0.551. The summed E-state index contributed by atoms with van der Waals surface area (Å²) in [5.74, 6) is 0.704. The third-order valence-electron chi connectivity index (χ3n) is 4.10. The molecule has 1 amide bonds. The highest BCUT2D eigenvalue weighted by Gasteiger charge is 2.30. The van der Waals surface area contributed by atoms with Gasteiger partial charge in [0.15, 0.2) is 11.0 Å². The number of thiophene rings is 1. The summed E-state index contributed by atoms with van der Waals surface area (Å²) in [6.45, 7) is 0. The molecule has 2 heterocycles. The third-order valence-corrected chi connectivity index (χ3v) is 6.82. The average molecular weight is 436 g/mol. The Morgan fingerprint density at radius 2 is 2.11 bits per heavy atom. The van der Waals surface area contributed by atoms with Gasteiger partial charge in [0, 0.05) is 11.7 Å². The summed E-state index contributed by atoms with van der Waals surface area (Å²) in [4.78, 5) is 13.3. The van der Waals surface area contributed by atoms with Crippen molar-refractivity contribution in [2.75, 3.05) is 11.1 Å². The van der Waals surface area contributed by atoms with Gasteiger partial charge in [-0.15, -0.1) is 21.5 Å². The zero-order valence-electron chi connectivity index (χ0n) is 14.6. The molecule has 1 saturated carbocycles. The van der Waals surface area contributed by atoms with Gasteiger partial charge >= 0.3 is 0 Å². The molecule has 2 aromatic heterocycles. The maximum Gasteiger partial charge on any atom is 0.238 e. The highest BCUT2D eigenvalue weighted by Crippen LogP contribution is 2.41. The second kappa shape index (κ2) is 7.66. The van der Waals surface area contributed by atoms with E-state index in [0.29, 0.717) is 16.9 Å². The second-order valence-electron chi connectivity index (χ2n) is 6.29. The molecule has 0 aliphatic heterocycles. The minimum Gasteiger partial charge on any atom is -0.325 e. The molecule has 0 spiro atoms. The Balaban J connectivity index is 1.45. The number of hydrogen-bond acceptors (Lipinski definition) is 7. The summed E-state index contributed by atoms with van der Waals surface area (Å²) >= 11 is 2.92. The van der Waals surface area contributed by atoms with Crippen molar-refractivity contribution in [3.8, 4) is 10.7 Å². The molecule has 146 valence electrons. The number of nitrogens with two attached hydrogens (primary N) is 1. The molecule has 1 aromatic carbocycles. The van der Waals surface area contributed by atoms with Crippen LogP contribution in [0.15, 0.2) is 51.8 Å². The number of hydrogen-bond donors (Lipinski definition) is 2. The average Bonchev–Trinajstić information content (AvgIpc) is 3.17. The molecule has 1 fully saturated rings. The van der Waals surface area contributed by atoms with Crippen LogP contribution in [-0.2, 0) is 14.8 Å². The van der Waals surface area contributed by atoms with Gasteiger partial charge < -0.3 is 5.32 Å². The first kappa shape index (κ1) is 19.1. The predicted molar refractivity (Wildman–Crippen MR) is 109 cm³/mol. The number of aromatic nitrogens is 3. The Hall–Kier alpha value is -2.21. The van der Waals surface area contributed by atoms with E-state index in [4.69, 9.17) is 5.14 Å². The first-order valence-electron chi connectivity index (χ1n) is 8.46. The fourth-order valence-corrected chi connectivity index (χ4v) is 4.76. The van der Waals surface area contributed by atoms with Crippen LogP contribution in [0.5, 0.6) is 0 Å². The Kier molecular flexibility index (Phi) is 5.23. The van der Waals surface area contributed by atoms with Gasteiger partial charge in [-0.3, -0.25) is 9.36 Å². The number of rotatable bonds is 7. The van der Waals surface area contributed by atoms with Crippen molar-refractivity contribution in [3.63, 3.8) is 0 Å². The van der Waals surface area contributed by atoms with E-state index in [1.807, 2.05) is 17.5 Å². The van der Waals surface area contributed by atoms with Gasteiger partial charge in [-0.2, -0.15) is 0 Å². The van der Waals surface area contributed by atoms with E-state index in [1.165, 1.54) is 30.0 Å². The van der Waals surface area contributed by atoms with Crippen LogP contribution >= 0.6 is 23.1 Å². The first-order valence-corrected chi connectivity index (χ1v) is 11.9. The summed E-state index contributed by atoms with van der Waals surface area (Å²) < 4.78 is 25.0. The molecule has 0 bridgehead atoms. The summed E-state index contributed by atoms with van der Waals surface area (Å²) in [5, 5.41) is 19.1. The van der Waals surface area contributed by atoms with Gasteiger partial charge in [-0.1, -0.05) is 23.9 Å². The summed E-state index contributed by atoms with van der Waals surface area (Å²) in [7, 11) is -3.82. The molecule has 1 aliphatic carbocycles. The predicted octanol–water partition coefficient (Wildman–Crippen LogP) is 2.72. The molecule has 8 nitrogen and oxygen atoms in total. The first-order chi connectivity index (χ1) is 13.4. The van der Waals surface area contributed by atoms with Crippen LogP contribution in [0.4, 0.5) is 5.69 Å². The number of carbonyl (C=O) groups excluding carboxylic acids is 1. The zero-order chi connectivity index (χ0) is 19.7. The maximum atomic E-state index is 12.3. The number of thioether (sulfide) groups is 1. The fourth-order valence-electron chi connectivity index (χ4n) is 2.69. The number of sulfonamides is 1. The van der Waals surface area contributed by atoms with Crippen LogP contribution in [0.1, 0.15) is 18.9 Å². The molecule has 3 N–H and O–H groups in total. The molecular formula is C17H17N5O3S3. The van der Waals surface area contributed by atoms with Gasteiger partial charge in [0.25, 0.3) is 0 Å². The summed E-state index contributed by atoms with van der Waals surface area (Å²) in [5.41, 5.74) is 0.375. The lowest BCUT2D eigenvalue weighted by atomic mass is 10.3. The lowest BCUT2D eigenvalue weighted by Gasteiger charge is -2.08. The van der Waals surface area contributed by atoms with Gasteiger partial charge in [-0.25, -0.2) is 13.6 Å². The number of nitrogens with zero attached hydrogens (tertiary/aromatic N) is 3. The van der Waals surface area contributed by atoms with E-state index < -0.39 is 10.0 Å². The van der Waals surface area contributed by atoms with Gasteiger partial charge in [-0.05, 0) is 42.5 Å². The molecule has 3 aromatic rings. The SMILES string of the molecule is NS(=O)(=O)c1cccc(NC(=O)CSc2nnc(-c3cccs3)n2C2CC2)c1. The zero-order valence-corrected chi connectivity index (χ0v) is 17.1. The van der Waals surface area contributed by atoms with Crippen molar-refractivity contribution in [3.05, 3.63) is 41.8 Å². The summed E-state index contributed by atoms with van der Waals surface area (Å²) in [6.07, 6.45) is 2.16. The van der Waals surface area contributed by atoms with Crippen molar-refractivity contribution in [1.29, 1.82) is 0 Å². The van der Waals surface area contributed by atoms with E-state index in [-0.39, 0.29) is 16.6 Å². The standard InChI is InChI=1S/C17H17N5O3S3/c18-28(24,25)13-4-1-3-11(9-13)19-15(23)10-27-17-21-20-16(14-5-2-8-26-14)22(17)12-6-7-12/h1-5,8-9,12H,6-7,10H2,(H,19,23)(H2,18,24,25). The van der Waals surface area contributed by atoms with Crippen LogP contribution < -0.4 is 10.5 Å². The fraction of sp³-hybridized carbons (Fsp3) is 0.235. The highest BCUT2D eigenvalue weighted by atomic mass is 32.2. The molecule has 28 heavy (non-hydrogen) atoms. The topological polar surface area (TPSA) is 120 Å². The Morgan fingerprint density at radius 1 is 1.29 bits per heavy atom. The van der Waals surface area contributed by atoms with E-state index >= 15 is 0 Å². The van der Waals surface area contributed by atoms with Crippen LogP contribution in [0.3, 0.4) is 0 Å². The number of nitrogens with one attached hydrogen (secondary N) is 1. The van der Waals surface area contributed by atoms with E-state index in [2.05, 4.69) is 20.1 Å². The number of anilines is 1. The minimum absolute atomic E-state index is 0.0491. The Morgan fingerprint density at radius 3 is 2.79 bits per heavy atom. The van der Waals surface area contributed by atoms with E-state index in [9.17, 15) is 13.2 Å².